The van der Waals surface area contributed by atoms with Gasteiger partial charge in [-0.3, -0.25) is 0 Å². The van der Waals surface area contributed by atoms with Crippen molar-refractivity contribution < 1.29 is 9.47 Å². The van der Waals surface area contributed by atoms with Crippen LogP contribution in [0.4, 0.5) is 0 Å². The van der Waals surface area contributed by atoms with E-state index in [0.717, 1.165) is 6.61 Å². The maximum atomic E-state index is 5.68. The fourth-order valence-corrected chi connectivity index (χ4v) is 2.26. The largest absolute Gasteiger partial charge is 0.348 e. The molecule has 1 heterocycles. The van der Waals surface area contributed by atoms with Crippen molar-refractivity contribution in [1.29, 1.82) is 0 Å². The quantitative estimate of drug-likeness (QED) is 0.510. The van der Waals surface area contributed by atoms with E-state index in [4.69, 9.17) is 9.47 Å². The Labute approximate surface area is 77.6 Å². The zero-order valence-electron chi connectivity index (χ0n) is 7.56. The Morgan fingerprint density at radius 3 is 2.83 bits per heavy atom. The van der Waals surface area contributed by atoms with Crippen molar-refractivity contribution in [2.45, 2.75) is 19.1 Å². The molecule has 0 spiro atoms. The summed E-state index contributed by atoms with van der Waals surface area (Å²) in [7, 11) is 2.51. The van der Waals surface area contributed by atoms with Crippen molar-refractivity contribution in [3.63, 3.8) is 0 Å². The summed E-state index contributed by atoms with van der Waals surface area (Å²) >= 11 is 0. The van der Waals surface area contributed by atoms with E-state index >= 15 is 0 Å². The molecule has 1 rings (SSSR count). The molecule has 3 unspecified atom stereocenters. The summed E-state index contributed by atoms with van der Waals surface area (Å²) in [5.41, 5.74) is 0. The minimum absolute atomic E-state index is 0.0239. The van der Waals surface area contributed by atoms with Crippen LogP contribution in [0.15, 0.2) is 12.7 Å². The van der Waals surface area contributed by atoms with Gasteiger partial charge in [-0.25, -0.2) is 0 Å². The first-order chi connectivity index (χ1) is 5.65. The average Bonchev–Trinajstić information content (AvgIpc) is 2.05. The molecule has 0 aromatic heterocycles. The van der Waals surface area contributed by atoms with Crippen LogP contribution in [0.3, 0.4) is 0 Å². The fourth-order valence-electron chi connectivity index (χ4n) is 1.14. The molecule has 4 heteroatoms. The first kappa shape index (κ1) is 10.6. The van der Waals surface area contributed by atoms with E-state index < -0.39 is 0 Å². The number of rotatable bonds is 2. The van der Waals surface area contributed by atoms with Gasteiger partial charge in [0, 0.05) is 5.92 Å². The van der Waals surface area contributed by atoms with Gasteiger partial charge in [0.15, 0.2) is 6.03 Å². The summed E-state index contributed by atoms with van der Waals surface area (Å²) in [4.78, 5) is 0. The van der Waals surface area contributed by atoms with Crippen molar-refractivity contribution in [3.8, 4) is 0 Å². The summed E-state index contributed by atoms with van der Waals surface area (Å²) < 4.78 is 11.2. The van der Waals surface area contributed by atoms with Crippen LogP contribution < -0.4 is 0 Å². The van der Waals surface area contributed by atoms with Crippen LogP contribution in [0.5, 0.6) is 0 Å². The van der Waals surface area contributed by atoms with Crippen LogP contribution in [-0.4, -0.2) is 25.4 Å². The SMILES string of the molecule is C=CC1O[C@@H](P(C)P)OC[C@@H]1C. The Morgan fingerprint density at radius 2 is 2.33 bits per heavy atom. The molecule has 0 aromatic carbocycles. The van der Waals surface area contributed by atoms with Crippen LogP contribution in [0, 0.1) is 5.92 Å². The maximum Gasteiger partial charge on any atom is 0.179 e. The Balaban J connectivity index is 2.49. The lowest BCUT2D eigenvalue weighted by Crippen LogP contribution is -2.35. The fraction of sp³-hybridized carbons (Fsp3) is 0.750. The van der Waals surface area contributed by atoms with E-state index in [-0.39, 0.29) is 19.7 Å². The van der Waals surface area contributed by atoms with Crippen LogP contribution >= 0.6 is 16.5 Å². The molecule has 2 nitrogen and oxygen atoms in total. The predicted molar refractivity (Wildman–Crippen MR) is 56.5 cm³/mol. The topological polar surface area (TPSA) is 18.5 Å². The smallest absolute Gasteiger partial charge is 0.179 e. The van der Waals surface area contributed by atoms with Crippen LogP contribution in [0.2, 0.25) is 0 Å². The Morgan fingerprint density at radius 1 is 1.67 bits per heavy atom. The molecule has 1 aliphatic heterocycles. The first-order valence-electron chi connectivity index (χ1n) is 4.02. The second-order valence-electron chi connectivity index (χ2n) is 3.12. The number of hydrogen-bond donors (Lipinski definition) is 0. The third-order valence-corrected chi connectivity index (χ3v) is 3.57. The molecular formula is C8H16O2P2. The molecule has 0 aliphatic carbocycles. The van der Waals surface area contributed by atoms with E-state index in [1.165, 1.54) is 0 Å². The molecule has 70 valence electrons. The summed E-state index contributed by atoms with van der Waals surface area (Å²) in [6.45, 7) is 8.77. The predicted octanol–water partition coefficient (Wildman–Crippen LogP) is 2.41. The molecule has 0 aromatic rings. The van der Waals surface area contributed by atoms with E-state index in [1.807, 2.05) is 6.08 Å². The van der Waals surface area contributed by atoms with Gasteiger partial charge in [-0.1, -0.05) is 13.0 Å². The van der Waals surface area contributed by atoms with Gasteiger partial charge < -0.3 is 9.47 Å². The molecule has 0 saturated carbocycles. The molecule has 0 N–H and O–H groups in total. The zero-order chi connectivity index (χ0) is 9.14. The van der Waals surface area contributed by atoms with Crippen molar-refractivity contribution in [1.82, 2.24) is 0 Å². The van der Waals surface area contributed by atoms with E-state index in [2.05, 4.69) is 29.1 Å². The van der Waals surface area contributed by atoms with Gasteiger partial charge in [-0.05, 0) is 14.3 Å². The molecule has 0 amide bonds. The molecule has 1 aliphatic rings. The van der Waals surface area contributed by atoms with Crippen LogP contribution in [-0.2, 0) is 9.47 Å². The zero-order valence-corrected chi connectivity index (χ0v) is 9.61. The lowest BCUT2D eigenvalue weighted by molar-refractivity contribution is -0.174. The minimum atomic E-state index is -0.246. The van der Waals surface area contributed by atoms with Crippen LogP contribution in [0.1, 0.15) is 6.92 Å². The number of hydrogen-bond acceptors (Lipinski definition) is 2. The van der Waals surface area contributed by atoms with Gasteiger partial charge in [0.1, 0.15) is 0 Å². The number of ether oxygens (including phenoxy) is 2. The standard InChI is InChI=1S/C8H16O2P2/c1-4-7-6(2)5-9-8(10-7)12(3)11/h4,6-8H,1,5,11H2,2-3H3/t6-,7?,8-,12?/m0/s1. The summed E-state index contributed by atoms with van der Waals surface area (Å²) in [6.07, 6.45) is 2.03. The lowest BCUT2D eigenvalue weighted by Gasteiger charge is -2.35. The normalized spacial score (nSPS) is 39.1. The van der Waals surface area contributed by atoms with Crippen molar-refractivity contribution >= 4 is 16.5 Å². The molecule has 5 atom stereocenters. The molecular weight excluding hydrogens is 190 g/mol. The van der Waals surface area contributed by atoms with Crippen LogP contribution in [0.25, 0.3) is 0 Å². The summed E-state index contributed by atoms with van der Waals surface area (Å²) in [6, 6.07) is -0.0239. The van der Waals surface area contributed by atoms with Crippen molar-refractivity contribution in [2.24, 2.45) is 5.92 Å². The molecule has 12 heavy (non-hydrogen) atoms. The van der Waals surface area contributed by atoms with Gasteiger partial charge in [-0.15, -0.1) is 15.5 Å². The summed E-state index contributed by atoms with van der Waals surface area (Å²) in [5.74, 6) is 0.429. The Kier molecular flexibility index (Phi) is 4.13. The van der Waals surface area contributed by atoms with E-state index in [1.54, 1.807) is 0 Å². The second kappa shape index (κ2) is 4.67. The van der Waals surface area contributed by atoms with Gasteiger partial charge in [-0.2, -0.15) is 0 Å². The molecule has 0 bridgehead atoms. The van der Waals surface area contributed by atoms with Gasteiger partial charge in [0.2, 0.25) is 0 Å². The minimum Gasteiger partial charge on any atom is -0.348 e. The third kappa shape index (κ3) is 2.50. The van der Waals surface area contributed by atoms with E-state index in [0.29, 0.717) is 5.92 Å². The maximum absolute atomic E-state index is 5.68. The highest BCUT2D eigenvalue weighted by molar-refractivity contribution is 8.13. The van der Waals surface area contributed by atoms with Gasteiger partial charge in [0.25, 0.3) is 0 Å². The second-order valence-corrected chi connectivity index (χ2v) is 7.32. The van der Waals surface area contributed by atoms with E-state index in [9.17, 15) is 0 Å². The highest BCUT2D eigenvalue weighted by Gasteiger charge is 2.28. The molecule has 1 saturated heterocycles. The van der Waals surface area contributed by atoms with Crippen molar-refractivity contribution in [3.05, 3.63) is 12.7 Å². The first-order valence-corrected chi connectivity index (χ1v) is 7.50. The summed E-state index contributed by atoms with van der Waals surface area (Å²) in [5, 5.41) is 0. The van der Waals surface area contributed by atoms with Gasteiger partial charge in [0.05, 0.1) is 12.7 Å². The monoisotopic (exact) mass is 206 g/mol. The van der Waals surface area contributed by atoms with Gasteiger partial charge >= 0.3 is 0 Å². The Hall–Kier alpha value is 0.520. The average molecular weight is 206 g/mol. The molecule has 1 fully saturated rings. The Bertz CT molecular complexity index is 161. The third-order valence-electron chi connectivity index (χ3n) is 1.90. The highest BCUT2D eigenvalue weighted by atomic mass is 32.0. The highest BCUT2D eigenvalue weighted by Crippen LogP contribution is 2.48. The molecule has 0 radical (unpaired) electrons. The van der Waals surface area contributed by atoms with Crippen molar-refractivity contribution in [2.75, 3.05) is 13.3 Å². The lowest BCUT2D eigenvalue weighted by atomic mass is 10.1.